The molecule has 0 aromatic heterocycles. The third kappa shape index (κ3) is 5.61. The first-order valence-corrected chi connectivity index (χ1v) is 5.38. The maximum atomic E-state index is 11.2. The van der Waals surface area contributed by atoms with E-state index < -0.39 is 0 Å². The first-order chi connectivity index (χ1) is 5.57. The molecule has 0 bridgehead atoms. The van der Waals surface area contributed by atoms with E-state index in [1.54, 1.807) is 11.8 Å². The van der Waals surface area contributed by atoms with Gasteiger partial charge >= 0.3 is 0 Å². The fraction of sp³-hybridized carbons (Fsp3) is 0.889. The van der Waals surface area contributed by atoms with Crippen LogP contribution in [0.4, 0.5) is 0 Å². The summed E-state index contributed by atoms with van der Waals surface area (Å²) in [4.78, 5) is 11.2. The lowest BCUT2D eigenvalue weighted by atomic mass is 10.1. The van der Waals surface area contributed by atoms with Crippen LogP contribution in [0, 0.1) is 5.92 Å². The second-order valence-corrected chi connectivity index (χ2v) is 4.68. The standard InChI is InChI=1S/C9H18O2S/c1-7(2)9(11)6-12-8(3)4-5-10/h7-8,10H,4-6H2,1-3H3. The predicted octanol–water partition coefficient (Wildman–Crippen LogP) is 1.72. The van der Waals surface area contributed by atoms with Crippen molar-refractivity contribution in [1.29, 1.82) is 0 Å². The molecule has 0 amide bonds. The monoisotopic (exact) mass is 190 g/mol. The van der Waals surface area contributed by atoms with Gasteiger partial charge in [-0.2, -0.15) is 11.8 Å². The molecule has 0 aliphatic heterocycles. The molecule has 0 heterocycles. The number of thioether (sulfide) groups is 1. The van der Waals surface area contributed by atoms with Gasteiger partial charge in [0.1, 0.15) is 5.78 Å². The van der Waals surface area contributed by atoms with Gasteiger partial charge in [-0.3, -0.25) is 4.79 Å². The van der Waals surface area contributed by atoms with E-state index in [0.717, 1.165) is 6.42 Å². The van der Waals surface area contributed by atoms with E-state index >= 15 is 0 Å². The van der Waals surface area contributed by atoms with Crippen molar-refractivity contribution in [2.45, 2.75) is 32.4 Å². The van der Waals surface area contributed by atoms with Gasteiger partial charge in [0.15, 0.2) is 0 Å². The van der Waals surface area contributed by atoms with Crippen LogP contribution in [0.2, 0.25) is 0 Å². The van der Waals surface area contributed by atoms with Crippen molar-refractivity contribution >= 4 is 17.5 Å². The Hall–Kier alpha value is -0.0200. The highest BCUT2D eigenvalue weighted by Crippen LogP contribution is 2.14. The lowest BCUT2D eigenvalue weighted by Gasteiger charge is -2.09. The maximum Gasteiger partial charge on any atom is 0.145 e. The molecule has 0 rings (SSSR count). The van der Waals surface area contributed by atoms with Crippen LogP contribution >= 0.6 is 11.8 Å². The first kappa shape index (κ1) is 12.0. The quantitative estimate of drug-likeness (QED) is 0.693. The fourth-order valence-corrected chi connectivity index (χ4v) is 1.71. The zero-order chi connectivity index (χ0) is 9.56. The van der Waals surface area contributed by atoms with E-state index in [2.05, 4.69) is 0 Å². The Bertz CT molecular complexity index is 134. The second kappa shape index (κ2) is 6.49. The molecule has 0 aliphatic rings. The number of hydrogen-bond donors (Lipinski definition) is 1. The normalized spacial score (nSPS) is 13.4. The molecule has 3 heteroatoms. The minimum absolute atomic E-state index is 0.138. The number of carbonyl (C=O) groups is 1. The van der Waals surface area contributed by atoms with Crippen LogP contribution < -0.4 is 0 Å². The highest BCUT2D eigenvalue weighted by molar-refractivity contribution is 8.00. The van der Waals surface area contributed by atoms with Crippen LogP contribution in [0.25, 0.3) is 0 Å². The van der Waals surface area contributed by atoms with E-state index in [9.17, 15) is 4.79 Å². The zero-order valence-corrected chi connectivity index (χ0v) is 8.86. The number of hydrogen-bond acceptors (Lipinski definition) is 3. The predicted molar refractivity (Wildman–Crippen MR) is 53.5 cm³/mol. The van der Waals surface area contributed by atoms with Crippen LogP contribution in [0.5, 0.6) is 0 Å². The summed E-state index contributed by atoms with van der Waals surface area (Å²) in [5.74, 6) is 1.02. The summed E-state index contributed by atoms with van der Waals surface area (Å²) in [5, 5.41) is 9.00. The molecule has 1 unspecified atom stereocenters. The Labute approximate surface area is 78.7 Å². The van der Waals surface area contributed by atoms with Crippen molar-refractivity contribution in [1.82, 2.24) is 0 Å². The minimum Gasteiger partial charge on any atom is -0.396 e. The van der Waals surface area contributed by atoms with Crippen molar-refractivity contribution in [3.8, 4) is 0 Å². The average Bonchev–Trinajstić information content (AvgIpc) is 2.00. The molecule has 1 atom stereocenters. The van der Waals surface area contributed by atoms with E-state index in [0.29, 0.717) is 16.8 Å². The zero-order valence-electron chi connectivity index (χ0n) is 8.04. The van der Waals surface area contributed by atoms with Crippen LogP contribution in [-0.2, 0) is 4.79 Å². The van der Waals surface area contributed by atoms with Gasteiger partial charge in [-0.15, -0.1) is 0 Å². The van der Waals surface area contributed by atoms with Gasteiger partial charge in [-0.1, -0.05) is 20.8 Å². The van der Waals surface area contributed by atoms with Crippen LogP contribution in [0.15, 0.2) is 0 Å². The number of aliphatic hydroxyl groups is 1. The van der Waals surface area contributed by atoms with Crippen LogP contribution in [-0.4, -0.2) is 28.5 Å². The van der Waals surface area contributed by atoms with Crippen molar-refractivity contribution in [3.63, 3.8) is 0 Å². The van der Waals surface area contributed by atoms with E-state index in [4.69, 9.17) is 5.11 Å². The van der Waals surface area contributed by atoms with E-state index in [1.165, 1.54) is 0 Å². The lowest BCUT2D eigenvalue weighted by molar-refractivity contribution is -0.119. The Morgan fingerprint density at radius 1 is 1.42 bits per heavy atom. The molecule has 0 fully saturated rings. The van der Waals surface area contributed by atoms with E-state index in [-0.39, 0.29) is 12.5 Å². The van der Waals surface area contributed by atoms with Gasteiger partial charge in [0.25, 0.3) is 0 Å². The van der Waals surface area contributed by atoms with Gasteiger partial charge in [0.2, 0.25) is 0 Å². The summed E-state index contributed by atoms with van der Waals surface area (Å²) >= 11 is 1.63. The second-order valence-electron chi connectivity index (χ2n) is 3.25. The summed E-state index contributed by atoms with van der Waals surface area (Å²) in [6.07, 6.45) is 0.774. The molecular weight excluding hydrogens is 172 g/mol. The average molecular weight is 190 g/mol. The minimum atomic E-state index is 0.138. The summed E-state index contributed by atoms with van der Waals surface area (Å²) in [6.45, 7) is 6.08. The van der Waals surface area contributed by atoms with Gasteiger partial charge in [0.05, 0.1) is 5.75 Å². The fourth-order valence-electron chi connectivity index (χ4n) is 0.656. The number of carbonyl (C=O) groups excluding carboxylic acids is 1. The Morgan fingerprint density at radius 3 is 2.42 bits per heavy atom. The molecule has 0 spiro atoms. The van der Waals surface area contributed by atoms with Crippen molar-refractivity contribution in [2.75, 3.05) is 12.4 Å². The molecule has 0 aliphatic carbocycles. The molecule has 12 heavy (non-hydrogen) atoms. The van der Waals surface area contributed by atoms with Crippen molar-refractivity contribution in [3.05, 3.63) is 0 Å². The molecular formula is C9H18O2S. The summed E-state index contributed by atoms with van der Waals surface area (Å²) in [7, 11) is 0. The first-order valence-electron chi connectivity index (χ1n) is 4.33. The summed E-state index contributed by atoms with van der Waals surface area (Å²) < 4.78 is 0. The lowest BCUT2D eigenvalue weighted by Crippen LogP contribution is -2.12. The molecule has 0 aromatic rings. The van der Waals surface area contributed by atoms with Crippen LogP contribution in [0.3, 0.4) is 0 Å². The Kier molecular flexibility index (Phi) is 6.48. The van der Waals surface area contributed by atoms with Gasteiger partial charge in [-0.05, 0) is 6.42 Å². The van der Waals surface area contributed by atoms with Gasteiger partial charge in [-0.25, -0.2) is 0 Å². The molecule has 0 saturated heterocycles. The molecule has 0 saturated carbocycles. The van der Waals surface area contributed by atoms with Crippen molar-refractivity contribution < 1.29 is 9.90 Å². The molecule has 72 valence electrons. The number of aliphatic hydroxyl groups excluding tert-OH is 1. The summed E-state index contributed by atoms with van der Waals surface area (Å²) in [5.41, 5.74) is 0. The van der Waals surface area contributed by atoms with Gasteiger partial charge in [0, 0.05) is 17.8 Å². The molecule has 2 nitrogen and oxygen atoms in total. The van der Waals surface area contributed by atoms with Crippen molar-refractivity contribution in [2.24, 2.45) is 5.92 Å². The Balaban J connectivity index is 3.47. The van der Waals surface area contributed by atoms with Gasteiger partial charge < -0.3 is 5.11 Å². The maximum absolute atomic E-state index is 11.2. The smallest absolute Gasteiger partial charge is 0.145 e. The topological polar surface area (TPSA) is 37.3 Å². The molecule has 0 radical (unpaired) electrons. The van der Waals surface area contributed by atoms with E-state index in [1.807, 2.05) is 20.8 Å². The third-order valence-corrected chi connectivity index (χ3v) is 2.95. The largest absolute Gasteiger partial charge is 0.396 e. The SMILES string of the molecule is CC(CCO)SCC(=O)C(C)C. The molecule has 0 aromatic carbocycles. The number of rotatable bonds is 6. The highest BCUT2D eigenvalue weighted by Gasteiger charge is 2.09. The number of Topliss-reactive ketones (excluding diaryl/α,β-unsaturated/α-hetero) is 1. The van der Waals surface area contributed by atoms with Crippen LogP contribution in [0.1, 0.15) is 27.2 Å². The highest BCUT2D eigenvalue weighted by atomic mass is 32.2. The Morgan fingerprint density at radius 2 is 2.00 bits per heavy atom. The third-order valence-electron chi connectivity index (χ3n) is 1.69. The number of ketones is 1. The molecule has 1 N–H and O–H groups in total. The summed E-state index contributed by atoms with van der Waals surface area (Å²) in [6, 6.07) is 0.